The van der Waals surface area contributed by atoms with Crippen LogP contribution in [-0.4, -0.2) is 0 Å². The van der Waals surface area contributed by atoms with Crippen molar-refractivity contribution in [1.29, 1.82) is 0 Å². The molecule has 1 aliphatic heterocycles. The number of benzene rings is 3. The minimum absolute atomic E-state index is 0.496. The molecule has 0 bridgehead atoms. The zero-order valence-electron chi connectivity index (χ0n) is 14.7. The third-order valence-corrected chi connectivity index (χ3v) is 5.19. The van der Waals surface area contributed by atoms with Gasteiger partial charge in [-0.25, -0.2) is 0 Å². The number of aromatic nitrogens is 1. The number of ether oxygens (including phenoxy) is 1. The molecule has 0 amide bonds. The first-order chi connectivity index (χ1) is 12.8. The van der Waals surface area contributed by atoms with Crippen LogP contribution in [0.4, 0.5) is 13.2 Å². The van der Waals surface area contributed by atoms with Crippen LogP contribution in [0, 0.1) is 6.92 Å². The first-order valence-electron chi connectivity index (χ1n) is 8.59. The fourth-order valence-electron chi connectivity index (χ4n) is 3.96. The van der Waals surface area contributed by atoms with E-state index in [0.29, 0.717) is 16.5 Å². The smallest absolute Gasteiger partial charge is 0.416 e. The van der Waals surface area contributed by atoms with E-state index in [1.807, 2.05) is 36.7 Å². The molecule has 0 aliphatic carbocycles. The normalized spacial score (nSPS) is 12.9. The Morgan fingerprint density at radius 3 is 2.56 bits per heavy atom. The molecule has 0 N–H and O–H groups in total. The van der Waals surface area contributed by atoms with Crippen LogP contribution >= 0.6 is 0 Å². The van der Waals surface area contributed by atoms with Crippen molar-refractivity contribution in [3.05, 3.63) is 65.9 Å². The SMILES string of the molecule is Cc1ccc2cccc3c2c1-c1c(c2ccc(C(F)(F)F)cc2c[n+]1C)O3. The van der Waals surface area contributed by atoms with Crippen LogP contribution in [0.5, 0.6) is 11.5 Å². The molecule has 2 nitrogen and oxygen atoms in total. The number of halogens is 3. The second-order valence-corrected chi connectivity index (χ2v) is 6.93. The van der Waals surface area contributed by atoms with Crippen LogP contribution in [0.25, 0.3) is 32.8 Å². The van der Waals surface area contributed by atoms with Crippen LogP contribution in [0.2, 0.25) is 0 Å². The zero-order chi connectivity index (χ0) is 18.9. The summed E-state index contributed by atoms with van der Waals surface area (Å²) in [6.45, 7) is 2.04. The maximum Gasteiger partial charge on any atom is 0.416 e. The van der Waals surface area contributed by atoms with E-state index in [9.17, 15) is 13.2 Å². The lowest BCUT2D eigenvalue weighted by atomic mass is 9.92. The first kappa shape index (κ1) is 16.1. The van der Waals surface area contributed by atoms with Gasteiger partial charge in [0.1, 0.15) is 12.8 Å². The molecule has 3 aromatic carbocycles. The number of alkyl halides is 3. The highest BCUT2D eigenvalue weighted by Crippen LogP contribution is 2.49. The molecule has 0 spiro atoms. The van der Waals surface area contributed by atoms with Gasteiger partial charge >= 0.3 is 6.18 Å². The Hall–Kier alpha value is -3.08. The zero-order valence-corrected chi connectivity index (χ0v) is 14.7. The monoisotopic (exact) mass is 366 g/mol. The number of hydrogen-bond donors (Lipinski definition) is 0. The fraction of sp³-hybridized carbons (Fsp3) is 0.136. The molecule has 27 heavy (non-hydrogen) atoms. The molecule has 0 atom stereocenters. The maximum absolute atomic E-state index is 13.1. The lowest BCUT2D eigenvalue weighted by Gasteiger charge is -2.22. The summed E-state index contributed by atoms with van der Waals surface area (Å²) in [6.07, 6.45) is -2.64. The van der Waals surface area contributed by atoms with Crippen molar-refractivity contribution >= 4 is 21.5 Å². The van der Waals surface area contributed by atoms with Gasteiger partial charge in [0.15, 0.2) is 6.20 Å². The summed E-state index contributed by atoms with van der Waals surface area (Å²) < 4.78 is 47.4. The van der Waals surface area contributed by atoms with E-state index in [0.717, 1.165) is 39.4 Å². The van der Waals surface area contributed by atoms with Crippen molar-refractivity contribution < 1.29 is 22.5 Å². The number of hydrogen-bond acceptors (Lipinski definition) is 1. The predicted molar refractivity (Wildman–Crippen MR) is 97.9 cm³/mol. The van der Waals surface area contributed by atoms with Crippen molar-refractivity contribution in [3.63, 3.8) is 0 Å². The van der Waals surface area contributed by atoms with Crippen LogP contribution in [0.3, 0.4) is 0 Å². The summed E-state index contributed by atoms with van der Waals surface area (Å²) >= 11 is 0. The van der Waals surface area contributed by atoms with Gasteiger partial charge < -0.3 is 4.74 Å². The molecule has 5 heteroatoms. The number of fused-ring (bicyclic) bond motifs is 4. The molecule has 4 aromatic rings. The number of nitrogens with zero attached hydrogens (tertiary/aromatic N) is 1. The molecule has 2 heterocycles. The molecule has 134 valence electrons. The van der Waals surface area contributed by atoms with Gasteiger partial charge in [-0.05, 0) is 42.1 Å². The van der Waals surface area contributed by atoms with E-state index in [2.05, 4.69) is 12.1 Å². The minimum Gasteiger partial charge on any atom is -0.449 e. The van der Waals surface area contributed by atoms with Gasteiger partial charge in [-0.15, -0.1) is 0 Å². The van der Waals surface area contributed by atoms with E-state index >= 15 is 0 Å². The van der Waals surface area contributed by atoms with Crippen LogP contribution in [0.15, 0.2) is 54.7 Å². The molecule has 5 rings (SSSR count). The van der Waals surface area contributed by atoms with Crippen molar-refractivity contribution in [1.82, 2.24) is 0 Å². The molecule has 0 radical (unpaired) electrons. The highest BCUT2D eigenvalue weighted by molar-refractivity contribution is 6.06. The Morgan fingerprint density at radius 2 is 1.78 bits per heavy atom. The third kappa shape index (κ3) is 2.24. The number of pyridine rings is 1. The van der Waals surface area contributed by atoms with Crippen molar-refractivity contribution in [2.45, 2.75) is 13.1 Å². The topological polar surface area (TPSA) is 13.1 Å². The van der Waals surface area contributed by atoms with E-state index < -0.39 is 11.7 Å². The van der Waals surface area contributed by atoms with Gasteiger partial charge in [0.2, 0.25) is 5.75 Å². The van der Waals surface area contributed by atoms with Gasteiger partial charge in [0.25, 0.3) is 5.69 Å². The maximum atomic E-state index is 13.1. The number of rotatable bonds is 0. The highest BCUT2D eigenvalue weighted by Gasteiger charge is 2.34. The first-order valence-corrected chi connectivity index (χ1v) is 8.59. The molecule has 0 fully saturated rings. The average Bonchev–Trinajstić information content (AvgIpc) is 2.63. The van der Waals surface area contributed by atoms with Crippen molar-refractivity contribution in [2.24, 2.45) is 7.05 Å². The molecule has 1 aliphatic rings. The highest BCUT2D eigenvalue weighted by atomic mass is 19.4. The van der Waals surface area contributed by atoms with Gasteiger partial charge in [-0.2, -0.15) is 17.7 Å². The Balaban J connectivity index is 1.90. The third-order valence-electron chi connectivity index (χ3n) is 5.19. The average molecular weight is 366 g/mol. The van der Waals surface area contributed by atoms with Crippen molar-refractivity contribution in [3.8, 4) is 22.8 Å². The lowest BCUT2D eigenvalue weighted by Crippen LogP contribution is -2.32. The second-order valence-electron chi connectivity index (χ2n) is 6.93. The molecule has 0 saturated heterocycles. The van der Waals surface area contributed by atoms with E-state index in [1.54, 1.807) is 6.20 Å². The summed E-state index contributed by atoms with van der Waals surface area (Å²) in [4.78, 5) is 0. The molecule has 0 unspecified atom stereocenters. The van der Waals surface area contributed by atoms with Crippen LogP contribution < -0.4 is 9.30 Å². The molecule has 1 aromatic heterocycles. The van der Waals surface area contributed by atoms with Gasteiger partial charge in [-0.3, -0.25) is 0 Å². The Bertz CT molecular complexity index is 1260. The van der Waals surface area contributed by atoms with E-state index in [4.69, 9.17) is 4.74 Å². The van der Waals surface area contributed by atoms with E-state index in [-0.39, 0.29) is 0 Å². The van der Waals surface area contributed by atoms with Gasteiger partial charge in [0, 0.05) is 10.8 Å². The Kier molecular flexibility index (Phi) is 3.12. The van der Waals surface area contributed by atoms with Crippen molar-refractivity contribution in [2.75, 3.05) is 0 Å². The summed E-state index contributed by atoms with van der Waals surface area (Å²) in [7, 11) is 1.84. The summed E-state index contributed by atoms with van der Waals surface area (Å²) in [5, 5.41) is 3.27. The quantitative estimate of drug-likeness (QED) is 0.310. The summed E-state index contributed by atoms with van der Waals surface area (Å²) in [5.74, 6) is 1.32. The summed E-state index contributed by atoms with van der Waals surface area (Å²) in [5.41, 5.74) is 2.38. The Labute approximate surface area is 153 Å². The lowest BCUT2D eigenvalue weighted by molar-refractivity contribution is -0.659. The number of aryl methyl sites for hydroxylation is 2. The largest absolute Gasteiger partial charge is 0.449 e. The van der Waals surface area contributed by atoms with Crippen LogP contribution in [0.1, 0.15) is 11.1 Å². The standard InChI is InChI=1S/C22H15F3NO/c1-12-6-7-13-4-3-5-17-19(13)18(12)20-21(27-17)16-9-8-15(22(23,24)25)10-14(16)11-26(20)2/h3-11H,1-2H3/q+1. The second kappa shape index (κ2) is 5.22. The molecular weight excluding hydrogens is 351 g/mol. The summed E-state index contributed by atoms with van der Waals surface area (Å²) in [6, 6.07) is 13.8. The minimum atomic E-state index is -4.38. The van der Waals surface area contributed by atoms with Crippen LogP contribution in [-0.2, 0) is 13.2 Å². The Morgan fingerprint density at radius 1 is 0.963 bits per heavy atom. The van der Waals surface area contributed by atoms with Gasteiger partial charge in [-0.1, -0.05) is 24.3 Å². The van der Waals surface area contributed by atoms with Gasteiger partial charge in [0.05, 0.1) is 16.5 Å². The molecule has 0 saturated carbocycles. The van der Waals surface area contributed by atoms with E-state index in [1.165, 1.54) is 12.1 Å². The fourth-order valence-corrected chi connectivity index (χ4v) is 3.96. The molecular formula is C22H15F3NO+. The predicted octanol–water partition coefficient (Wildman–Crippen LogP) is 5.92.